The van der Waals surface area contributed by atoms with Crippen LogP contribution in [0.4, 0.5) is 17.1 Å². The summed E-state index contributed by atoms with van der Waals surface area (Å²) in [5.41, 5.74) is 12.8. The Kier molecular flexibility index (Phi) is 9.11. The van der Waals surface area contributed by atoms with Gasteiger partial charge in [0.1, 0.15) is 0 Å². The minimum Gasteiger partial charge on any atom is -0.310 e. The van der Waals surface area contributed by atoms with Crippen molar-refractivity contribution in [1.29, 1.82) is 0 Å². The molecule has 0 saturated carbocycles. The number of anilines is 3. The van der Waals surface area contributed by atoms with Crippen LogP contribution in [0.5, 0.6) is 0 Å². The molecular weight excluding hydrogens is 815 g/mol. The van der Waals surface area contributed by atoms with Gasteiger partial charge >= 0.3 is 0 Å². The summed E-state index contributed by atoms with van der Waals surface area (Å²) < 4.78 is 2.62. The standard InChI is InChI=1S/C64H41NS/c1-2-14-43(15-3-1)55-37-33-49(61-40-47-17-5-7-21-53(47)57-22-8-9-23-58(57)61)41-62(55)65(51-19-12-18-46(39-51)56-25-13-26-60-59-24-10-11-27-63(59)66-64(56)60)50-34-30-42(31-35-50)45-32-36-54-48(38-45)29-28-44-16-4-6-20-52(44)54/h1-41H. The van der Waals surface area contributed by atoms with Crippen LogP contribution in [-0.2, 0) is 0 Å². The monoisotopic (exact) mass is 855 g/mol. The highest BCUT2D eigenvalue weighted by Gasteiger charge is 2.21. The third kappa shape index (κ3) is 6.45. The van der Waals surface area contributed by atoms with Gasteiger partial charge in [0.05, 0.1) is 5.69 Å². The number of thiophene rings is 1. The van der Waals surface area contributed by atoms with Crippen molar-refractivity contribution < 1.29 is 0 Å². The van der Waals surface area contributed by atoms with Crippen LogP contribution in [0.3, 0.4) is 0 Å². The first-order chi connectivity index (χ1) is 32.7. The van der Waals surface area contributed by atoms with E-state index in [1.54, 1.807) is 0 Å². The third-order valence-corrected chi connectivity index (χ3v) is 14.6. The van der Waals surface area contributed by atoms with Gasteiger partial charge in [-0.25, -0.2) is 0 Å². The van der Waals surface area contributed by atoms with Gasteiger partial charge < -0.3 is 4.90 Å². The lowest BCUT2D eigenvalue weighted by molar-refractivity contribution is 1.28. The molecule has 13 rings (SSSR count). The van der Waals surface area contributed by atoms with Crippen molar-refractivity contribution in [1.82, 2.24) is 0 Å². The molecule has 0 aliphatic rings. The number of fused-ring (bicyclic) bond motifs is 9. The summed E-state index contributed by atoms with van der Waals surface area (Å²) in [4.78, 5) is 2.47. The van der Waals surface area contributed by atoms with Gasteiger partial charge in [0.15, 0.2) is 0 Å². The maximum Gasteiger partial charge on any atom is 0.0546 e. The van der Waals surface area contributed by atoms with Crippen molar-refractivity contribution in [2.24, 2.45) is 0 Å². The Labute approximate surface area is 387 Å². The molecule has 0 atom stereocenters. The Bertz CT molecular complexity index is 3990. The van der Waals surface area contributed by atoms with Crippen LogP contribution in [0.15, 0.2) is 249 Å². The highest BCUT2D eigenvalue weighted by atomic mass is 32.1. The summed E-state index contributed by atoms with van der Waals surface area (Å²) in [5.74, 6) is 0. The molecule has 0 N–H and O–H groups in total. The molecule has 13 aromatic rings. The third-order valence-electron chi connectivity index (χ3n) is 13.4. The zero-order valence-electron chi connectivity index (χ0n) is 36.0. The van der Waals surface area contributed by atoms with Crippen LogP contribution < -0.4 is 4.90 Å². The molecule has 2 heteroatoms. The quantitative estimate of drug-likeness (QED) is 0.144. The molecule has 1 aromatic heterocycles. The Morgan fingerprint density at radius 3 is 1.70 bits per heavy atom. The summed E-state index contributed by atoms with van der Waals surface area (Å²) >= 11 is 1.88. The first-order valence-electron chi connectivity index (χ1n) is 22.7. The summed E-state index contributed by atoms with van der Waals surface area (Å²) in [6.07, 6.45) is 0. The molecule has 308 valence electrons. The van der Waals surface area contributed by atoms with Crippen LogP contribution in [-0.4, -0.2) is 0 Å². The van der Waals surface area contributed by atoms with Crippen molar-refractivity contribution in [3.05, 3.63) is 249 Å². The molecule has 0 aliphatic heterocycles. The summed E-state index contributed by atoms with van der Waals surface area (Å²) in [7, 11) is 0. The molecule has 0 amide bonds. The lowest BCUT2D eigenvalue weighted by Gasteiger charge is -2.29. The molecule has 0 aliphatic carbocycles. The van der Waals surface area contributed by atoms with Gasteiger partial charge in [-0.2, -0.15) is 0 Å². The van der Waals surface area contributed by atoms with E-state index >= 15 is 0 Å². The fourth-order valence-electron chi connectivity index (χ4n) is 10.2. The maximum atomic E-state index is 2.47. The van der Waals surface area contributed by atoms with Crippen LogP contribution in [0.1, 0.15) is 0 Å². The second-order valence-corrected chi connectivity index (χ2v) is 18.3. The van der Waals surface area contributed by atoms with E-state index < -0.39 is 0 Å². The topological polar surface area (TPSA) is 3.24 Å². The summed E-state index contributed by atoms with van der Waals surface area (Å²) in [6.45, 7) is 0. The van der Waals surface area contributed by atoms with Crippen molar-refractivity contribution in [3.63, 3.8) is 0 Å². The van der Waals surface area contributed by atoms with Crippen LogP contribution in [0.2, 0.25) is 0 Å². The van der Waals surface area contributed by atoms with E-state index in [1.807, 2.05) is 11.3 Å². The Hall–Kier alpha value is -8.30. The van der Waals surface area contributed by atoms with Crippen molar-refractivity contribution in [2.75, 3.05) is 4.90 Å². The summed E-state index contributed by atoms with van der Waals surface area (Å²) in [5, 5.41) is 12.7. The average Bonchev–Trinajstić information content (AvgIpc) is 3.78. The fourth-order valence-corrected chi connectivity index (χ4v) is 11.5. The summed E-state index contributed by atoms with van der Waals surface area (Å²) in [6, 6.07) is 91.7. The molecule has 0 spiro atoms. The SMILES string of the molecule is c1ccc(-c2ccc(-c3cc4ccccc4c4ccccc34)cc2N(c2ccc(-c3ccc4c(ccc5ccccc54)c3)cc2)c2cccc(-c3cccc4c3sc3ccccc34)c2)cc1. The van der Waals surface area contributed by atoms with Crippen molar-refractivity contribution in [2.45, 2.75) is 0 Å². The number of rotatable bonds is 7. The molecule has 0 unspecified atom stereocenters. The molecule has 66 heavy (non-hydrogen) atoms. The van der Waals surface area contributed by atoms with Gasteiger partial charge in [-0.1, -0.05) is 200 Å². The number of nitrogens with zero attached hydrogens (tertiary/aromatic N) is 1. The van der Waals surface area contributed by atoms with Gasteiger partial charge in [0.25, 0.3) is 0 Å². The van der Waals surface area contributed by atoms with E-state index in [-0.39, 0.29) is 0 Å². The molecule has 1 heterocycles. The highest BCUT2D eigenvalue weighted by molar-refractivity contribution is 7.26. The predicted molar refractivity (Wildman–Crippen MR) is 286 cm³/mol. The van der Waals surface area contributed by atoms with E-state index in [9.17, 15) is 0 Å². The van der Waals surface area contributed by atoms with Gasteiger partial charge in [-0.05, 0) is 131 Å². The lowest BCUT2D eigenvalue weighted by Crippen LogP contribution is -2.11. The first kappa shape index (κ1) is 38.2. The number of benzene rings is 12. The lowest BCUT2D eigenvalue weighted by atomic mass is 9.91. The fraction of sp³-hybridized carbons (Fsp3) is 0. The van der Waals surface area contributed by atoms with E-state index in [0.29, 0.717) is 0 Å². The van der Waals surface area contributed by atoms with Gasteiger partial charge in [0, 0.05) is 37.1 Å². The molecular formula is C64H41NS. The van der Waals surface area contributed by atoms with E-state index in [1.165, 1.54) is 102 Å². The molecule has 0 bridgehead atoms. The maximum absolute atomic E-state index is 2.47. The normalized spacial score (nSPS) is 11.6. The second-order valence-electron chi connectivity index (χ2n) is 17.2. The van der Waals surface area contributed by atoms with E-state index in [4.69, 9.17) is 0 Å². The highest BCUT2D eigenvalue weighted by Crippen LogP contribution is 2.47. The average molecular weight is 856 g/mol. The van der Waals surface area contributed by atoms with Crippen LogP contribution in [0.25, 0.3) is 108 Å². The Balaban J connectivity index is 1.02. The smallest absolute Gasteiger partial charge is 0.0546 e. The second kappa shape index (κ2) is 15.7. The molecule has 1 nitrogen and oxygen atoms in total. The number of hydrogen-bond acceptors (Lipinski definition) is 2. The van der Waals surface area contributed by atoms with Gasteiger partial charge in [-0.3, -0.25) is 0 Å². The van der Waals surface area contributed by atoms with Gasteiger partial charge in [-0.15, -0.1) is 11.3 Å². The largest absolute Gasteiger partial charge is 0.310 e. The van der Waals surface area contributed by atoms with Crippen LogP contribution in [0, 0.1) is 0 Å². The Morgan fingerprint density at radius 1 is 0.258 bits per heavy atom. The molecule has 0 radical (unpaired) electrons. The van der Waals surface area contributed by atoms with Crippen molar-refractivity contribution in [3.8, 4) is 44.5 Å². The van der Waals surface area contributed by atoms with E-state index in [2.05, 4.69) is 254 Å². The minimum absolute atomic E-state index is 1.08. The minimum atomic E-state index is 1.08. The van der Waals surface area contributed by atoms with E-state index in [0.717, 1.165) is 22.6 Å². The van der Waals surface area contributed by atoms with Crippen molar-refractivity contribution >= 4 is 91.7 Å². The molecule has 12 aromatic carbocycles. The number of hydrogen-bond donors (Lipinski definition) is 0. The van der Waals surface area contributed by atoms with Gasteiger partial charge in [0.2, 0.25) is 0 Å². The Morgan fingerprint density at radius 2 is 0.848 bits per heavy atom. The molecule has 0 fully saturated rings. The van der Waals surface area contributed by atoms with Crippen LogP contribution >= 0.6 is 11.3 Å². The predicted octanol–water partition coefficient (Wildman–Crippen LogP) is 18.8. The first-order valence-corrected chi connectivity index (χ1v) is 23.5. The molecule has 0 saturated heterocycles. The zero-order chi connectivity index (χ0) is 43.6. The zero-order valence-corrected chi connectivity index (χ0v) is 36.8.